The van der Waals surface area contributed by atoms with Crippen LogP contribution in [0.2, 0.25) is 0 Å². The van der Waals surface area contributed by atoms with E-state index in [2.05, 4.69) is 41.5 Å². The molecule has 9 nitrogen and oxygen atoms in total. The number of halogens is 3. The minimum absolute atomic E-state index is 0.00649. The highest BCUT2D eigenvalue weighted by Gasteiger charge is 2.45. The SMILES string of the molecule is CCC(NCCS(=O)(=O)c1ccccn1)C1(c2cc3c(Nc4ccc(OCc5cccc(F)c5)c(Br)c4)ncnc3cc2F)CC=CO1. The number of anilines is 2. The maximum atomic E-state index is 16.0. The van der Waals surface area contributed by atoms with Crippen LogP contribution >= 0.6 is 15.9 Å². The van der Waals surface area contributed by atoms with Crippen LogP contribution in [0.3, 0.4) is 0 Å². The molecule has 0 bridgehead atoms. The molecule has 0 spiro atoms. The van der Waals surface area contributed by atoms with Crippen LogP contribution in [0.25, 0.3) is 10.9 Å². The molecular formula is C35H32BrF2N5O4S. The number of ether oxygens (including phenoxy) is 2. The highest BCUT2D eigenvalue weighted by Crippen LogP contribution is 2.42. The Labute approximate surface area is 285 Å². The van der Waals surface area contributed by atoms with E-state index in [1.165, 1.54) is 36.8 Å². The van der Waals surface area contributed by atoms with E-state index >= 15 is 4.39 Å². The molecule has 248 valence electrons. The summed E-state index contributed by atoms with van der Waals surface area (Å²) >= 11 is 3.55. The number of hydrogen-bond acceptors (Lipinski definition) is 9. The van der Waals surface area contributed by atoms with Gasteiger partial charge >= 0.3 is 0 Å². The molecule has 5 aromatic rings. The van der Waals surface area contributed by atoms with Crippen LogP contribution in [0.5, 0.6) is 5.75 Å². The van der Waals surface area contributed by atoms with Gasteiger partial charge in [0.15, 0.2) is 20.5 Å². The van der Waals surface area contributed by atoms with E-state index in [1.54, 1.807) is 42.7 Å². The molecule has 0 saturated heterocycles. The van der Waals surface area contributed by atoms with Gasteiger partial charge in [0.05, 0.1) is 28.0 Å². The molecule has 6 rings (SSSR count). The lowest BCUT2D eigenvalue weighted by Gasteiger charge is -2.38. The number of nitrogens with zero attached hydrogens (tertiary/aromatic N) is 3. The van der Waals surface area contributed by atoms with Gasteiger partial charge in [-0.25, -0.2) is 32.2 Å². The van der Waals surface area contributed by atoms with E-state index in [1.807, 2.05) is 25.1 Å². The second kappa shape index (κ2) is 14.3. The molecule has 2 unspecified atom stereocenters. The third kappa shape index (κ3) is 7.18. The van der Waals surface area contributed by atoms with Crippen molar-refractivity contribution in [1.29, 1.82) is 0 Å². The number of sulfone groups is 1. The summed E-state index contributed by atoms with van der Waals surface area (Å²) in [5.41, 5.74) is 0.937. The minimum Gasteiger partial charge on any atom is -0.488 e. The van der Waals surface area contributed by atoms with E-state index in [0.29, 0.717) is 56.6 Å². The third-order valence-corrected chi connectivity index (χ3v) is 10.4. The largest absolute Gasteiger partial charge is 0.488 e. The highest BCUT2D eigenvalue weighted by molar-refractivity contribution is 9.10. The van der Waals surface area contributed by atoms with E-state index < -0.39 is 27.3 Å². The van der Waals surface area contributed by atoms with E-state index in [0.717, 1.165) is 0 Å². The van der Waals surface area contributed by atoms with E-state index in [9.17, 15) is 12.8 Å². The van der Waals surface area contributed by atoms with Gasteiger partial charge in [-0.1, -0.05) is 25.1 Å². The van der Waals surface area contributed by atoms with E-state index in [4.69, 9.17) is 9.47 Å². The van der Waals surface area contributed by atoms with Crippen molar-refractivity contribution in [3.8, 4) is 5.75 Å². The molecular weight excluding hydrogens is 704 g/mol. The predicted octanol–water partition coefficient (Wildman–Crippen LogP) is 7.36. The summed E-state index contributed by atoms with van der Waals surface area (Å²) < 4.78 is 68.0. The first-order valence-corrected chi connectivity index (χ1v) is 17.7. The molecule has 0 radical (unpaired) electrons. The Balaban J connectivity index is 1.24. The number of pyridine rings is 1. The molecule has 0 aliphatic carbocycles. The fraction of sp³-hybridized carbons (Fsp3) is 0.229. The van der Waals surface area contributed by atoms with Crippen molar-refractivity contribution < 1.29 is 26.7 Å². The normalized spacial score (nSPS) is 16.5. The number of fused-ring (bicyclic) bond motifs is 1. The van der Waals surface area contributed by atoms with Crippen molar-refractivity contribution in [3.63, 3.8) is 0 Å². The molecule has 1 aliphatic heterocycles. The van der Waals surface area contributed by atoms with Crippen LogP contribution < -0.4 is 15.4 Å². The topological polar surface area (TPSA) is 115 Å². The zero-order valence-electron chi connectivity index (χ0n) is 25.9. The standard InChI is InChI=1S/C35H32BrF2N5O4S/c1-2-32(39-14-16-48(44,45)33-9-3-4-13-40-33)35(12-6-15-47-35)27-19-26-30(20-29(27)38)41-22-42-34(26)43-25-10-11-31(28(36)18-25)46-21-23-7-5-8-24(37)17-23/h3-11,13,15,17-20,22,32,39H,2,12,14,16,21H2,1H3,(H,41,42,43). The Morgan fingerprint density at radius 3 is 2.65 bits per heavy atom. The number of benzene rings is 3. The minimum atomic E-state index is -3.62. The van der Waals surface area contributed by atoms with Gasteiger partial charge in [0.2, 0.25) is 0 Å². The van der Waals surface area contributed by atoms with Crippen LogP contribution in [0, 0.1) is 11.6 Å². The molecule has 0 saturated carbocycles. The Morgan fingerprint density at radius 2 is 1.92 bits per heavy atom. The fourth-order valence-electron chi connectivity index (χ4n) is 5.79. The molecule has 2 aromatic heterocycles. The summed E-state index contributed by atoms with van der Waals surface area (Å²) in [4.78, 5) is 12.7. The Hall–Kier alpha value is -4.46. The van der Waals surface area contributed by atoms with Crippen molar-refractivity contribution in [3.05, 3.63) is 125 Å². The summed E-state index contributed by atoms with van der Waals surface area (Å²) in [5.74, 6) is 0.00600. The first-order valence-electron chi connectivity index (χ1n) is 15.3. The molecule has 2 atom stereocenters. The molecule has 0 fully saturated rings. The van der Waals surface area contributed by atoms with Crippen LogP contribution in [-0.4, -0.2) is 41.7 Å². The number of hydrogen-bond donors (Lipinski definition) is 2. The van der Waals surface area contributed by atoms with Crippen molar-refractivity contribution in [1.82, 2.24) is 20.3 Å². The lowest BCUT2D eigenvalue weighted by Crippen LogP contribution is -2.49. The number of aromatic nitrogens is 3. The van der Waals surface area contributed by atoms with Crippen molar-refractivity contribution in [2.75, 3.05) is 17.6 Å². The van der Waals surface area contributed by atoms with Gasteiger partial charge in [-0.2, -0.15) is 0 Å². The summed E-state index contributed by atoms with van der Waals surface area (Å²) in [6, 6.07) is 19.0. The lowest BCUT2D eigenvalue weighted by molar-refractivity contribution is -0.00140. The average molecular weight is 737 g/mol. The summed E-state index contributed by atoms with van der Waals surface area (Å²) in [6.07, 6.45) is 7.08. The second-order valence-electron chi connectivity index (χ2n) is 11.2. The Bertz CT molecular complexity index is 2060. The number of nitrogens with one attached hydrogen (secondary N) is 2. The molecule has 13 heteroatoms. The average Bonchev–Trinajstić information content (AvgIpc) is 3.57. The van der Waals surface area contributed by atoms with Gasteiger partial charge in [0, 0.05) is 41.9 Å². The van der Waals surface area contributed by atoms with E-state index in [-0.39, 0.29) is 29.7 Å². The third-order valence-electron chi connectivity index (χ3n) is 8.14. The second-order valence-corrected chi connectivity index (χ2v) is 14.2. The lowest BCUT2D eigenvalue weighted by atomic mass is 9.81. The summed E-state index contributed by atoms with van der Waals surface area (Å²) in [5, 5.41) is 7.20. The molecule has 3 heterocycles. The van der Waals surface area contributed by atoms with Crippen LogP contribution in [0.15, 0.2) is 107 Å². The van der Waals surface area contributed by atoms with Crippen molar-refractivity contribution in [2.24, 2.45) is 0 Å². The Kier molecular flexibility index (Phi) is 9.99. The quantitative estimate of drug-likeness (QED) is 0.128. The van der Waals surface area contributed by atoms with Gasteiger partial charge in [-0.3, -0.25) is 0 Å². The predicted molar refractivity (Wildman–Crippen MR) is 183 cm³/mol. The zero-order valence-corrected chi connectivity index (χ0v) is 28.3. The maximum absolute atomic E-state index is 16.0. The zero-order chi connectivity index (χ0) is 33.7. The number of rotatable bonds is 13. The molecule has 3 aromatic carbocycles. The van der Waals surface area contributed by atoms with Crippen molar-refractivity contribution >= 4 is 48.2 Å². The van der Waals surface area contributed by atoms with Gasteiger partial charge in [0.25, 0.3) is 0 Å². The maximum Gasteiger partial charge on any atom is 0.196 e. The van der Waals surface area contributed by atoms with Gasteiger partial charge in [-0.15, -0.1) is 0 Å². The first kappa shape index (κ1) is 33.4. The van der Waals surface area contributed by atoms with Gasteiger partial charge < -0.3 is 20.1 Å². The fourth-order valence-corrected chi connectivity index (χ4v) is 7.39. The molecule has 0 amide bonds. The van der Waals surface area contributed by atoms with Crippen LogP contribution in [0.4, 0.5) is 20.3 Å². The first-order chi connectivity index (χ1) is 23.2. The van der Waals surface area contributed by atoms with Crippen LogP contribution in [-0.2, 0) is 26.8 Å². The molecule has 2 N–H and O–H groups in total. The van der Waals surface area contributed by atoms with Crippen molar-refractivity contribution in [2.45, 2.75) is 43.0 Å². The van der Waals surface area contributed by atoms with Gasteiger partial charge in [-0.05, 0) is 82.5 Å². The van der Waals surface area contributed by atoms with Gasteiger partial charge in [0.1, 0.15) is 36.1 Å². The molecule has 48 heavy (non-hydrogen) atoms. The summed E-state index contributed by atoms with van der Waals surface area (Å²) in [7, 11) is -3.62. The van der Waals surface area contributed by atoms with Crippen LogP contribution in [0.1, 0.15) is 30.9 Å². The molecule has 1 aliphatic rings. The Morgan fingerprint density at radius 1 is 1.04 bits per heavy atom. The monoisotopic (exact) mass is 735 g/mol. The highest BCUT2D eigenvalue weighted by atomic mass is 79.9. The smallest absolute Gasteiger partial charge is 0.196 e. The summed E-state index contributed by atoms with van der Waals surface area (Å²) in [6.45, 7) is 2.25.